The molecular weight excluding hydrogens is 256 g/mol. The van der Waals surface area contributed by atoms with Crippen LogP contribution in [0.4, 0.5) is 0 Å². The Labute approximate surface area is 131 Å². The van der Waals surface area contributed by atoms with Gasteiger partial charge in [0, 0.05) is 0 Å². The number of rotatable bonds is 7. The summed E-state index contributed by atoms with van der Waals surface area (Å²) in [6.07, 6.45) is 12.7. The van der Waals surface area contributed by atoms with Crippen LogP contribution in [0.5, 0.6) is 0 Å². The molecule has 0 bridgehead atoms. The van der Waals surface area contributed by atoms with E-state index in [-0.39, 0.29) is 6.61 Å². The van der Waals surface area contributed by atoms with Crippen molar-refractivity contribution in [2.24, 2.45) is 11.3 Å². The van der Waals surface area contributed by atoms with Gasteiger partial charge in [0.25, 0.3) is 0 Å². The van der Waals surface area contributed by atoms with Gasteiger partial charge in [0.1, 0.15) is 0 Å². The van der Waals surface area contributed by atoms with Crippen LogP contribution in [0.2, 0.25) is 0 Å². The van der Waals surface area contributed by atoms with E-state index in [1.165, 1.54) is 48.8 Å². The highest BCUT2D eigenvalue weighted by Crippen LogP contribution is 2.45. The van der Waals surface area contributed by atoms with E-state index in [2.05, 4.69) is 40.3 Å². The van der Waals surface area contributed by atoms with Crippen LogP contribution in [0.1, 0.15) is 72.6 Å². The predicted octanol–water partition coefficient (Wildman–Crippen LogP) is 5.81. The summed E-state index contributed by atoms with van der Waals surface area (Å²) in [5, 5.41) is 8.85. The number of aliphatic hydroxyl groups is 1. The fourth-order valence-corrected chi connectivity index (χ4v) is 3.55. The first-order chi connectivity index (χ1) is 9.86. The molecule has 1 atom stereocenters. The van der Waals surface area contributed by atoms with E-state index in [1.807, 2.05) is 6.08 Å². The first-order valence-corrected chi connectivity index (χ1v) is 8.46. The topological polar surface area (TPSA) is 20.2 Å². The molecule has 0 aromatic rings. The second-order valence-electron chi connectivity index (χ2n) is 7.41. The summed E-state index contributed by atoms with van der Waals surface area (Å²) in [6, 6.07) is 0. The van der Waals surface area contributed by atoms with Crippen molar-refractivity contribution in [1.82, 2.24) is 0 Å². The van der Waals surface area contributed by atoms with E-state index >= 15 is 0 Å². The smallest absolute Gasteiger partial charge is 0.0614 e. The van der Waals surface area contributed by atoms with E-state index < -0.39 is 0 Å². The van der Waals surface area contributed by atoms with Crippen molar-refractivity contribution in [3.8, 4) is 0 Å². The Morgan fingerprint density at radius 1 is 1.24 bits per heavy atom. The van der Waals surface area contributed by atoms with E-state index in [1.54, 1.807) is 0 Å². The molecule has 0 aromatic carbocycles. The van der Waals surface area contributed by atoms with E-state index in [0.717, 1.165) is 12.8 Å². The fourth-order valence-electron chi connectivity index (χ4n) is 3.55. The minimum Gasteiger partial charge on any atom is -0.392 e. The van der Waals surface area contributed by atoms with Crippen LogP contribution >= 0.6 is 0 Å². The molecule has 0 saturated heterocycles. The second kappa shape index (κ2) is 8.58. The molecule has 1 rings (SSSR count). The lowest BCUT2D eigenvalue weighted by Crippen LogP contribution is -2.29. The Bertz CT molecular complexity index is 398. The number of hydrogen-bond acceptors (Lipinski definition) is 1. The van der Waals surface area contributed by atoms with E-state index in [0.29, 0.717) is 11.3 Å². The van der Waals surface area contributed by atoms with Crippen LogP contribution in [-0.2, 0) is 0 Å². The maximum Gasteiger partial charge on any atom is 0.0614 e. The van der Waals surface area contributed by atoms with Crippen LogP contribution in [0.15, 0.2) is 35.5 Å². The summed E-state index contributed by atoms with van der Waals surface area (Å²) in [6.45, 7) is 13.6. The third-order valence-electron chi connectivity index (χ3n) is 5.05. The van der Waals surface area contributed by atoms with Gasteiger partial charge in [-0.1, -0.05) is 49.3 Å². The Hall–Kier alpha value is -0.820. The maximum absolute atomic E-state index is 8.85. The highest BCUT2D eigenvalue weighted by atomic mass is 16.2. The van der Waals surface area contributed by atoms with Gasteiger partial charge in [0.15, 0.2) is 0 Å². The largest absolute Gasteiger partial charge is 0.392 e. The lowest BCUT2D eigenvalue weighted by Gasteiger charge is -2.40. The van der Waals surface area contributed by atoms with Crippen LogP contribution in [-0.4, -0.2) is 11.7 Å². The van der Waals surface area contributed by atoms with Crippen LogP contribution in [0.25, 0.3) is 0 Å². The van der Waals surface area contributed by atoms with Gasteiger partial charge >= 0.3 is 0 Å². The molecule has 1 saturated carbocycles. The van der Waals surface area contributed by atoms with Crippen LogP contribution < -0.4 is 0 Å². The quantitative estimate of drug-likeness (QED) is 0.586. The number of allylic oxidation sites excluding steroid dienone is 4. The molecule has 0 spiro atoms. The summed E-state index contributed by atoms with van der Waals surface area (Å²) in [5.74, 6) is 0.686. The summed E-state index contributed by atoms with van der Waals surface area (Å²) < 4.78 is 0. The Kier molecular flexibility index (Phi) is 7.45. The molecular formula is C20H34O. The third kappa shape index (κ3) is 6.22. The van der Waals surface area contributed by atoms with Gasteiger partial charge in [0.2, 0.25) is 0 Å². The van der Waals surface area contributed by atoms with Crippen molar-refractivity contribution in [3.63, 3.8) is 0 Å². The van der Waals surface area contributed by atoms with Gasteiger partial charge < -0.3 is 5.11 Å². The summed E-state index contributed by atoms with van der Waals surface area (Å²) in [5.41, 5.74) is 4.68. The molecule has 0 unspecified atom stereocenters. The third-order valence-corrected chi connectivity index (χ3v) is 5.05. The Morgan fingerprint density at radius 3 is 2.52 bits per heavy atom. The van der Waals surface area contributed by atoms with Gasteiger partial charge in [-0.05, 0) is 70.1 Å². The molecule has 0 aromatic heterocycles. The number of aliphatic hydroxyl groups excluding tert-OH is 1. The van der Waals surface area contributed by atoms with Crippen molar-refractivity contribution in [3.05, 3.63) is 35.5 Å². The zero-order valence-corrected chi connectivity index (χ0v) is 14.5. The molecule has 1 fully saturated rings. The van der Waals surface area contributed by atoms with E-state index in [9.17, 15) is 0 Å². The molecule has 0 aliphatic heterocycles. The first kappa shape index (κ1) is 18.2. The van der Waals surface area contributed by atoms with Gasteiger partial charge in [-0.15, -0.1) is 0 Å². The molecule has 1 N–H and O–H groups in total. The van der Waals surface area contributed by atoms with E-state index in [4.69, 9.17) is 5.11 Å². The van der Waals surface area contributed by atoms with Crippen molar-refractivity contribution < 1.29 is 5.11 Å². The summed E-state index contributed by atoms with van der Waals surface area (Å²) in [4.78, 5) is 0. The van der Waals surface area contributed by atoms with Crippen molar-refractivity contribution in [1.29, 1.82) is 0 Å². The van der Waals surface area contributed by atoms with Crippen LogP contribution in [0, 0.1) is 11.3 Å². The summed E-state index contributed by atoms with van der Waals surface area (Å²) >= 11 is 0. The zero-order chi connectivity index (χ0) is 15.9. The molecule has 0 amide bonds. The highest BCUT2D eigenvalue weighted by Gasteiger charge is 2.33. The van der Waals surface area contributed by atoms with Gasteiger partial charge in [-0.25, -0.2) is 0 Å². The lowest BCUT2D eigenvalue weighted by atomic mass is 9.65. The zero-order valence-electron chi connectivity index (χ0n) is 14.5. The minimum atomic E-state index is 0.160. The van der Waals surface area contributed by atoms with Gasteiger partial charge in [-0.2, -0.15) is 0 Å². The SMILES string of the molecule is C=C1CCCC(C)(C)[C@H]1CC/C(C)=C/CC/C(C)=C/CO. The first-order valence-electron chi connectivity index (χ1n) is 8.46. The molecule has 1 nitrogen and oxygen atoms in total. The van der Waals surface area contributed by atoms with Crippen molar-refractivity contribution in [2.45, 2.75) is 72.6 Å². The molecule has 120 valence electrons. The normalized spacial score (nSPS) is 23.5. The monoisotopic (exact) mass is 290 g/mol. The number of hydrogen-bond donors (Lipinski definition) is 1. The molecule has 1 aliphatic carbocycles. The molecule has 0 heterocycles. The Morgan fingerprint density at radius 2 is 1.90 bits per heavy atom. The van der Waals surface area contributed by atoms with Crippen LogP contribution in [0.3, 0.4) is 0 Å². The molecule has 1 aliphatic rings. The molecule has 1 heteroatoms. The maximum atomic E-state index is 8.85. The molecule has 21 heavy (non-hydrogen) atoms. The standard InChI is InChI=1S/C20H34O/c1-16(8-6-9-17(2)13-15-21)11-12-19-18(3)10-7-14-20(19,4)5/h8,13,19,21H,3,6-7,9-12,14-15H2,1-2,4-5H3/b16-8+,17-13+/t19-/m0/s1. The highest BCUT2D eigenvalue weighted by molar-refractivity contribution is 5.11. The predicted molar refractivity (Wildman–Crippen MR) is 93.3 cm³/mol. The van der Waals surface area contributed by atoms with Crippen molar-refractivity contribution >= 4 is 0 Å². The van der Waals surface area contributed by atoms with Gasteiger partial charge in [0.05, 0.1) is 6.61 Å². The van der Waals surface area contributed by atoms with Gasteiger partial charge in [-0.3, -0.25) is 0 Å². The average molecular weight is 290 g/mol. The van der Waals surface area contributed by atoms with Crippen molar-refractivity contribution in [2.75, 3.05) is 6.61 Å². The summed E-state index contributed by atoms with van der Waals surface area (Å²) in [7, 11) is 0. The fraction of sp³-hybridized carbons (Fsp3) is 0.700. The molecule has 0 radical (unpaired) electrons. The Balaban J connectivity index is 2.42. The lowest BCUT2D eigenvalue weighted by molar-refractivity contribution is 0.180. The average Bonchev–Trinajstić information content (AvgIpc) is 2.37. The second-order valence-corrected chi connectivity index (χ2v) is 7.41. The minimum absolute atomic E-state index is 0.160.